The second kappa shape index (κ2) is 8.35. The summed E-state index contributed by atoms with van der Waals surface area (Å²) in [5, 5.41) is 15.8. The van der Waals surface area contributed by atoms with Crippen molar-refractivity contribution in [1.29, 1.82) is 5.26 Å². The zero-order valence-electron chi connectivity index (χ0n) is 15.8. The van der Waals surface area contributed by atoms with Crippen LogP contribution < -0.4 is 10.6 Å². The first-order chi connectivity index (χ1) is 11.8. The summed E-state index contributed by atoms with van der Waals surface area (Å²) < 4.78 is 0. The maximum atomic E-state index is 12.3. The molecule has 1 atom stereocenters. The molecule has 1 fully saturated rings. The summed E-state index contributed by atoms with van der Waals surface area (Å²) in [4.78, 5) is 14.5. The highest BCUT2D eigenvalue weighted by molar-refractivity contribution is 5.79. The Morgan fingerprint density at radius 1 is 1.36 bits per heavy atom. The second-order valence-electron chi connectivity index (χ2n) is 7.53. The Bertz CT molecular complexity index is 629. The number of rotatable bonds is 6. The highest BCUT2D eigenvalue weighted by Gasteiger charge is 2.31. The number of hydrogen-bond acceptors (Lipinski definition) is 4. The van der Waals surface area contributed by atoms with E-state index in [0.717, 1.165) is 25.9 Å². The Morgan fingerprint density at radius 3 is 2.56 bits per heavy atom. The van der Waals surface area contributed by atoms with E-state index in [4.69, 9.17) is 0 Å². The van der Waals surface area contributed by atoms with Gasteiger partial charge in [0.1, 0.15) is 5.54 Å². The van der Waals surface area contributed by atoms with Crippen LogP contribution in [0.15, 0.2) is 24.3 Å². The van der Waals surface area contributed by atoms with E-state index in [1.165, 1.54) is 11.3 Å². The predicted molar refractivity (Wildman–Crippen MR) is 101 cm³/mol. The Balaban J connectivity index is 1.80. The molecule has 25 heavy (non-hydrogen) atoms. The van der Waals surface area contributed by atoms with E-state index in [2.05, 4.69) is 46.7 Å². The van der Waals surface area contributed by atoms with Gasteiger partial charge < -0.3 is 10.6 Å². The number of para-hydroxylation sites is 1. The lowest BCUT2D eigenvalue weighted by Crippen LogP contribution is -2.52. The predicted octanol–water partition coefficient (Wildman–Crippen LogP) is 2.93. The normalized spacial score (nSPS) is 18.4. The lowest BCUT2D eigenvalue weighted by molar-refractivity contribution is -0.124. The van der Waals surface area contributed by atoms with Crippen molar-refractivity contribution in [3.8, 4) is 6.07 Å². The van der Waals surface area contributed by atoms with Crippen molar-refractivity contribution in [3.63, 3.8) is 0 Å². The molecule has 0 spiro atoms. The number of amides is 1. The molecule has 2 N–H and O–H groups in total. The minimum Gasteiger partial charge on any atom is -0.382 e. The van der Waals surface area contributed by atoms with Gasteiger partial charge in [0.05, 0.1) is 12.6 Å². The number of carbonyl (C=O) groups excluding carboxylic acids is 1. The zero-order valence-corrected chi connectivity index (χ0v) is 15.8. The Labute approximate surface area is 151 Å². The first-order valence-corrected chi connectivity index (χ1v) is 9.11. The highest BCUT2D eigenvalue weighted by Crippen LogP contribution is 2.20. The molecule has 1 heterocycles. The molecular weight excluding hydrogens is 312 g/mol. The van der Waals surface area contributed by atoms with Gasteiger partial charge in [-0.1, -0.05) is 32.0 Å². The van der Waals surface area contributed by atoms with Gasteiger partial charge in [-0.3, -0.25) is 9.69 Å². The number of nitrogens with zero attached hydrogens (tertiary/aromatic N) is 2. The van der Waals surface area contributed by atoms with Crippen LogP contribution in [-0.2, 0) is 4.79 Å². The lowest BCUT2D eigenvalue weighted by Gasteiger charge is -2.34. The SMILES string of the molecule is Cc1ccccc1NC1CCN(CC(=O)N[C@@](C)(C#N)C(C)C)CC1. The fourth-order valence-electron chi connectivity index (χ4n) is 3.02. The molecular formula is C20H30N4O. The second-order valence-corrected chi connectivity index (χ2v) is 7.53. The van der Waals surface area contributed by atoms with Gasteiger partial charge >= 0.3 is 0 Å². The average molecular weight is 342 g/mol. The molecule has 1 saturated heterocycles. The molecule has 1 aromatic rings. The quantitative estimate of drug-likeness (QED) is 0.834. The van der Waals surface area contributed by atoms with Gasteiger partial charge in [0.15, 0.2) is 0 Å². The van der Waals surface area contributed by atoms with Crippen LogP contribution in [0.4, 0.5) is 5.69 Å². The van der Waals surface area contributed by atoms with E-state index in [1.807, 2.05) is 19.9 Å². The third-order valence-electron chi connectivity index (χ3n) is 5.25. The number of hydrogen-bond donors (Lipinski definition) is 2. The van der Waals surface area contributed by atoms with Crippen LogP contribution in [0.5, 0.6) is 0 Å². The number of nitrogens with one attached hydrogen (secondary N) is 2. The van der Waals surface area contributed by atoms with E-state index in [1.54, 1.807) is 6.92 Å². The molecule has 0 aliphatic carbocycles. The molecule has 0 bridgehead atoms. The Morgan fingerprint density at radius 2 is 2.00 bits per heavy atom. The third-order valence-corrected chi connectivity index (χ3v) is 5.25. The Hall–Kier alpha value is -2.06. The summed E-state index contributed by atoms with van der Waals surface area (Å²) in [5.74, 6) is 0.00793. The molecule has 0 unspecified atom stereocenters. The number of piperidine rings is 1. The van der Waals surface area contributed by atoms with E-state index in [0.29, 0.717) is 12.6 Å². The number of benzene rings is 1. The number of nitriles is 1. The third kappa shape index (κ3) is 5.20. The van der Waals surface area contributed by atoms with Gasteiger partial charge in [-0.05, 0) is 44.2 Å². The van der Waals surface area contributed by atoms with Crippen molar-refractivity contribution in [3.05, 3.63) is 29.8 Å². The van der Waals surface area contributed by atoms with Crippen LogP contribution in [0.25, 0.3) is 0 Å². The molecule has 5 heteroatoms. The van der Waals surface area contributed by atoms with Crippen molar-refractivity contribution in [1.82, 2.24) is 10.2 Å². The molecule has 1 aliphatic heterocycles. The van der Waals surface area contributed by atoms with Gasteiger partial charge in [0.25, 0.3) is 0 Å². The minimum absolute atomic E-state index is 0.0666. The maximum absolute atomic E-state index is 12.3. The van der Waals surface area contributed by atoms with Crippen LogP contribution in [0.3, 0.4) is 0 Å². The number of carbonyl (C=O) groups is 1. The summed E-state index contributed by atoms with van der Waals surface area (Å²) in [6.07, 6.45) is 2.03. The standard InChI is InChI=1S/C20H30N4O/c1-15(2)20(4,14-21)23-19(25)13-24-11-9-17(10-12-24)22-18-8-6-5-7-16(18)3/h5-8,15,17,22H,9-13H2,1-4H3,(H,23,25)/t20-/m0/s1. The van der Waals surface area contributed by atoms with Crippen LogP contribution in [-0.4, -0.2) is 42.0 Å². The molecule has 1 aromatic carbocycles. The van der Waals surface area contributed by atoms with E-state index in [-0.39, 0.29) is 11.8 Å². The highest BCUT2D eigenvalue weighted by atomic mass is 16.2. The molecule has 0 aromatic heterocycles. The van der Waals surface area contributed by atoms with Crippen LogP contribution >= 0.6 is 0 Å². The van der Waals surface area contributed by atoms with Gasteiger partial charge in [0.2, 0.25) is 5.91 Å². The fourth-order valence-corrected chi connectivity index (χ4v) is 3.02. The van der Waals surface area contributed by atoms with Crippen molar-refractivity contribution in [2.45, 2.75) is 52.1 Å². The van der Waals surface area contributed by atoms with E-state index < -0.39 is 5.54 Å². The summed E-state index contributed by atoms with van der Waals surface area (Å²) in [5.41, 5.74) is 1.65. The fraction of sp³-hybridized carbons (Fsp3) is 0.600. The average Bonchev–Trinajstić information content (AvgIpc) is 2.58. The van der Waals surface area contributed by atoms with Crippen LogP contribution in [0.2, 0.25) is 0 Å². The number of aryl methyl sites for hydroxylation is 1. The van der Waals surface area contributed by atoms with Gasteiger partial charge in [-0.25, -0.2) is 0 Å². The molecule has 1 aliphatic rings. The first-order valence-electron chi connectivity index (χ1n) is 9.11. The maximum Gasteiger partial charge on any atom is 0.235 e. The van der Waals surface area contributed by atoms with Crippen molar-refractivity contribution < 1.29 is 4.79 Å². The van der Waals surface area contributed by atoms with Gasteiger partial charge in [0, 0.05) is 24.8 Å². The monoisotopic (exact) mass is 342 g/mol. The summed E-state index contributed by atoms with van der Waals surface area (Å²) >= 11 is 0. The summed E-state index contributed by atoms with van der Waals surface area (Å²) in [6.45, 7) is 9.94. The van der Waals surface area contributed by atoms with Crippen LogP contribution in [0.1, 0.15) is 39.2 Å². The molecule has 5 nitrogen and oxygen atoms in total. The summed E-state index contributed by atoms with van der Waals surface area (Å²) in [6, 6.07) is 11.0. The zero-order chi connectivity index (χ0) is 18.4. The Kier molecular flexibility index (Phi) is 6.44. The smallest absolute Gasteiger partial charge is 0.235 e. The van der Waals surface area contributed by atoms with Gasteiger partial charge in [-0.15, -0.1) is 0 Å². The summed E-state index contributed by atoms with van der Waals surface area (Å²) in [7, 11) is 0. The molecule has 0 radical (unpaired) electrons. The van der Waals surface area contributed by atoms with Crippen molar-refractivity contribution >= 4 is 11.6 Å². The largest absolute Gasteiger partial charge is 0.382 e. The molecule has 1 amide bonds. The lowest BCUT2D eigenvalue weighted by atomic mass is 9.90. The van der Waals surface area contributed by atoms with Crippen LogP contribution in [0, 0.1) is 24.2 Å². The molecule has 2 rings (SSSR count). The van der Waals surface area contributed by atoms with E-state index >= 15 is 0 Å². The molecule has 136 valence electrons. The van der Waals surface area contributed by atoms with E-state index in [9.17, 15) is 10.1 Å². The van der Waals surface area contributed by atoms with Crippen molar-refractivity contribution in [2.24, 2.45) is 5.92 Å². The number of anilines is 1. The minimum atomic E-state index is -0.804. The number of likely N-dealkylation sites (tertiary alicyclic amines) is 1. The first kappa shape index (κ1) is 19.3. The topological polar surface area (TPSA) is 68.2 Å². The van der Waals surface area contributed by atoms with Gasteiger partial charge in [-0.2, -0.15) is 5.26 Å². The van der Waals surface area contributed by atoms with Crippen molar-refractivity contribution in [2.75, 3.05) is 25.0 Å². The molecule has 0 saturated carbocycles.